The summed E-state index contributed by atoms with van der Waals surface area (Å²) < 4.78 is 19.1. The number of aromatic hydroxyl groups is 1. The number of phenols is 1. The Kier molecular flexibility index (Phi) is 7.47. The highest BCUT2D eigenvalue weighted by Crippen LogP contribution is 2.40. The number of aromatic nitrogens is 3. The molecule has 2 aliphatic rings. The van der Waals surface area contributed by atoms with E-state index < -0.39 is 0 Å². The molecule has 0 aliphatic carbocycles. The number of ether oxygens (including phenoxy) is 3. The molecule has 6 rings (SSSR count). The molecule has 0 radical (unpaired) electrons. The number of likely N-dealkylation sites (tertiary alicyclic amines) is 1. The number of benzene rings is 3. The first-order chi connectivity index (χ1) is 20.0. The van der Waals surface area contributed by atoms with Crippen LogP contribution in [0.3, 0.4) is 0 Å². The lowest BCUT2D eigenvalue weighted by atomic mass is 9.93. The van der Waals surface area contributed by atoms with E-state index in [1.807, 2.05) is 30.3 Å². The molecule has 1 aromatic heterocycles. The van der Waals surface area contributed by atoms with Gasteiger partial charge in [-0.15, -0.1) is 0 Å². The van der Waals surface area contributed by atoms with Crippen LogP contribution in [-0.4, -0.2) is 64.0 Å². The van der Waals surface area contributed by atoms with Crippen LogP contribution in [0.5, 0.6) is 28.7 Å². The van der Waals surface area contributed by atoms with Gasteiger partial charge in [0, 0.05) is 43.6 Å². The maximum atomic E-state index is 13.1. The molecule has 1 amide bonds. The van der Waals surface area contributed by atoms with E-state index in [1.165, 1.54) is 6.33 Å². The van der Waals surface area contributed by atoms with Crippen LogP contribution in [-0.2, 0) is 24.3 Å². The molecule has 0 spiro atoms. The standard InChI is InChI=1S/C31H33N5O5/c1-39-27-8-4-21(11-23(27)15-36-19-32-18-33-36)14-35-16-24-22-6-9-28(40-2)30(13-22)41-29-12-20(3-7-26(29)37)5-10-31(38)34-25(24)17-35/h3-4,6-9,11-13,18-19,24-25,37H,5,10,14-17H2,1-2H3,(H,34,38)/t24-,25+/m0/s1. The van der Waals surface area contributed by atoms with E-state index in [2.05, 4.69) is 32.4 Å². The maximum absolute atomic E-state index is 13.1. The molecule has 10 nitrogen and oxygen atoms in total. The van der Waals surface area contributed by atoms with Crippen LogP contribution in [0, 0.1) is 0 Å². The number of rotatable bonds is 6. The minimum Gasteiger partial charge on any atom is -0.504 e. The molecule has 4 bridgehead atoms. The summed E-state index contributed by atoms with van der Waals surface area (Å²) in [6, 6.07) is 17.2. The van der Waals surface area contributed by atoms with E-state index in [-0.39, 0.29) is 23.6 Å². The van der Waals surface area contributed by atoms with Crippen LogP contribution in [0.15, 0.2) is 67.3 Å². The lowest BCUT2D eigenvalue weighted by Gasteiger charge is -2.21. The second-order valence-electron chi connectivity index (χ2n) is 10.5. The molecule has 3 heterocycles. The van der Waals surface area contributed by atoms with Gasteiger partial charge in [0.1, 0.15) is 18.4 Å². The van der Waals surface area contributed by atoms with Gasteiger partial charge in [-0.3, -0.25) is 9.69 Å². The van der Waals surface area contributed by atoms with Crippen LogP contribution in [0.25, 0.3) is 0 Å². The molecule has 2 N–H and O–H groups in total. The number of carbonyl (C=O) groups excluding carboxylic acids is 1. The maximum Gasteiger partial charge on any atom is 0.220 e. The van der Waals surface area contributed by atoms with Gasteiger partial charge in [0.05, 0.1) is 20.8 Å². The van der Waals surface area contributed by atoms with Crippen molar-refractivity contribution in [2.45, 2.75) is 37.9 Å². The number of nitrogens with zero attached hydrogens (tertiary/aromatic N) is 4. The predicted molar refractivity (Wildman–Crippen MR) is 152 cm³/mol. The molecule has 1 saturated heterocycles. The number of fused-ring (bicyclic) bond motifs is 6. The first kappa shape index (κ1) is 26.6. The number of amides is 1. The quantitative estimate of drug-likeness (QED) is 0.369. The van der Waals surface area contributed by atoms with Crippen molar-refractivity contribution in [2.75, 3.05) is 27.3 Å². The van der Waals surface area contributed by atoms with Gasteiger partial charge in [0.2, 0.25) is 5.91 Å². The second kappa shape index (κ2) is 11.5. The van der Waals surface area contributed by atoms with E-state index >= 15 is 0 Å². The fourth-order valence-corrected chi connectivity index (χ4v) is 5.75. The van der Waals surface area contributed by atoms with Crippen molar-refractivity contribution >= 4 is 5.91 Å². The fraction of sp³-hybridized carbons (Fsp3) is 0.323. The third-order valence-electron chi connectivity index (χ3n) is 7.79. The Hall–Kier alpha value is -4.57. The summed E-state index contributed by atoms with van der Waals surface area (Å²) in [5.74, 6) is 2.31. The van der Waals surface area contributed by atoms with Crippen LogP contribution in [0.1, 0.15) is 34.6 Å². The molecular formula is C31H33N5O5. The van der Waals surface area contributed by atoms with Crippen molar-refractivity contribution in [1.29, 1.82) is 0 Å². The van der Waals surface area contributed by atoms with Crippen molar-refractivity contribution in [2.24, 2.45) is 0 Å². The van der Waals surface area contributed by atoms with Crippen LogP contribution in [0.4, 0.5) is 0 Å². The SMILES string of the molecule is COc1ccc(CN2C[C@H]3NC(=O)CCc4ccc(O)c(c4)Oc4cc(ccc4OC)[C@@H]3C2)cc1Cn1cncn1. The number of aryl methyl sites for hydroxylation is 1. The fourth-order valence-electron chi connectivity index (χ4n) is 5.75. The normalized spacial score (nSPS) is 18.7. The molecule has 0 saturated carbocycles. The Morgan fingerprint density at radius 2 is 1.83 bits per heavy atom. The Morgan fingerprint density at radius 3 is 2.63 bits per heavy atom. The van der Waals surface area contributed by atoms with Crippen LogP contribution >= 0.6 is 0 Å². The zero-order valence-electron chi connectivity index (χ0n) is 23.1. The summed E-state index contributed by atoms with van der Waals surface area (Å²) in [4.78, 5) is 19.5. The molecule has 2 aliphatic heterocycles. The summed E-state index contributed by atoms with van der Waals surface area (Å²) in [7, 11) is 3.26. The molecule has 3 aromatic carbocycles. The summed E-state index contributed by atoms with van der Waals surface area (Å²) in [5.41, 5.74) is 4.11. The van der Waals surface area contributed by atoms with Crippen LogP contribution in [0.2, 0.25) is 0 Å². The van der Waals surface area contributed by atoms with Gasteiger partial charge < -0.3 is 24.6 Å². The largest absolute Gasteiger partial charge is 0.504 e. The molecule has 212 valence electrons. The van der Waals surface area contributed by atoms with Gasteiger partial charge in [0.25, 0.3) is 0 Å². The van der Waals surface area contributed by atoms with Crippen molar-refractivity contribution in [1.82, 2.24) is 25.0 Å². The molecule has 0 unspecified atom stereocenters. The van der Waals surface area contributed by atoms with E-state index in [1.54, 1.807) is 37.4 Å². The van der Waals surface area contributed by atoms with E-state index in [0.29, 0.717) is 43.2 Å². The molecule has 4 aromatic rings. The average molecular weight is 556 g/mol. The Labute approximate surface area is 238 Å². The first-order valence-corrected chi connectivity index (χ1v) is 13.7. The molecule has 2 atom stereocenters. The third-order valence-corrected chi connectivity index (χ3v) is 7.79. The minimum atomic E-state index is -0.0751. The van der Waals surface area contributed by atoms with Gasteiger partial charge in [-0.2, -0.15) is 5.10 Å². The Bertz CT molecular complexity index is 1540. The number of hydrogen-bond donors (Lipinski definition) is 2. The van der Waals surface area contributed by atoms with Gasteiger partial charge in [0.15, 0.2) is 23.0 Å². The second-order valence-corrected chi connectivity index (χ2v) is 10.5. The highest BCUT2D eigenvalue weighted by molar-refractivity contribution is 5.77. The number of nitrogens with one attached hydrogen (secondary N) is 1. The number of hydrogen-bond acceptors (Lipinski definition) is 8. The van der Waals surface area contributed by atoms with E-state index in [9.17, 15) is 9.90 Å². The zero-order valence-corrected chi connectivity index (χ0v) is 23.1. The van der Waals surface area contributed by atoms with E-state index in [0.717, 1.165) is 41.1 Å². The van der Waals surface area contributed by atoms with Gasteiger partial charge in [-0.25, -0.2) is 9.67 Å². The summed E-state index contributed by atoms with van der Waals surface area (Å²) in [6.45, 7) is 2.73. The highest BCUT2D eigenvalue weighted by atomic mass is 16.5. The van der Waals surface area contributed by atoms with Crippen LogP contribution < -0.4 is 19.5 Å². The van der Waals surface area contributed by atoms with Crippen molar-refractivity contribution in [3.63, 3.8) is 0 Å². The van der Waals surface area contributed by atoms with Gasteiger partial charge in [-0.05, 0) is 59.5 Å². The topological polar surface area (TPSA) is 111 Å². The highest BCUT2D eigenvalue weighted by Gasteiger charge is 2.35. The summed E-state index contributed by atoms with van der Waals surface area (Å²) in [6.07, 6.45) is 4.10. The summed E-state index contributed by atoms with van der Waals surface area (Å²) >= 11 is 0. The minimum absolute atomic E-state index is 0.00458. The number of carbonyl (C=O) groups is 1. The van der Waals surface area contributed by atoms with Gasteiger partial charge >= 0.3 is 0 Å². The lowest BCUT2D eigenvalue weighted by Crippen LogP contribution is -2.39. The zero-order chi connectivity index (χ0) is 28.3. The predicted octanol–water partition coefficient (Wildman–Crippen LogP) is 3.87. The number of phenolic OH excluding ortho intramolecular Hbond substituents is 1. The summed E-state index contributed by atoms with van der Waals surface area (Å²) in [5, 5.41) is 18.0. The Morgan fingerprint density at radius 1 is 0.976 bits per heavy atom. The van der Waals surface area contributed by atoms with Crippen molar-refractivity contribution in [3.8, 4) is 28.7 Å². The lowest BCUT2D eigenvalue weighted by molar-refractivity contribution is -0.121. The van der Waals surface area contributed by atoms with Gasteiger partial charge in [-0.1, -0.05) is 18.2 Å². The monoisotopic (exact) mass is 555 g/mol. The molecule has 1 fully saturated rings. The van der Waals surface area contributed by atoms with Crippen molar-refractivity contribution in [3.05, 3.63) is 89.5 Å². The van der Waals surface area contributed by atoms with Crippen molar-refractivity contribution < 1.29 is 24.1 Å². The van der Waals surface area contributed by atoms with E-state index in [4.69, 9.17) is 14.2 Å². The Balaban J connectivity index is 1.29. The molecule has 41 heavy (non-hydrogen) atoms. The molecular weight excluding hydrogens is 522 g/mol. The number of methoxy groups -OCH3 is 2. The molecule has 10 heteroatoms. The average Bonchev–Trinajstić information content (AvgIpc) is 3.63. The smallest absolute Gasteiger partial charge is 0.220 e. The first-order valence-electron chi connectivity index (χ1n) is 13.7. The third kappa shape index (κ3) is 5.83.